The number of benzene rings is 1. The maximum absolute atomic E-state index is 12.4. The van der Waals surface area contributed by atoms with Gasteiger partial charge < -0.3 is 10.4 Å². The van der Waals surface area contributed by atoms with Crippen LogP contribution in [0.4, 0.5) is 8.78 Å². The van der Waals surface area contributed by atoms with Crippen LogP contribution in [0.25, 0.3) is 0 Å². The van der Waals surface area contributed by atoms with E-state index in [-0.39, 0.29) is 11.3 Å². The number of amides is 1. The number of aryl methyl sites for hydroxylation is 1. The highest BCUT2D eigenvalue weighted by molar-refractivity contribution is 5.89. The lowest BCUT2D eigenvalue weighted by atomic mass is 9.95. The second-order valence-corrected chi connectivity index (χ2v) is 6.10. The Kier molecular flexibility index (Phi) is 3.62. The van der Waals surface area contributed by atoms with Crippen molar-refractivity contribution in [3.63, 3.8) is 0 Å². The summed E-state index contributed by atoms with van der Waals surface area (Å²) in [4.78, 5) is 23.2. The molecule has 3 rings (SSSR count). The van der Waals surface area contributed by atoms with Gasteiger partial charge in [0.1, 0.15) is 6.04 Å². The van der Waals surface area contributed by atoms with Crippen LogP contribution in [0.15, 0.2) is 24.3 Å². The predicted molar refractivity (Wildman–Crippen MR) is 74.7 cm³/mol. The van der Waals surface area contributed by atoms with E-state index in [4.69, 9.17) is 5.11 Å². The van der Waals surface area contributed by atoms with E-state index in [2.05, 4.69) is 5.32 Å². The van der Waals surface area contributed by atoms with Crippen molar-refractivity contribution in [1.29, 1.82) is 0 Å². The van der Waals surface area contributed by atoms with Crippen LogP contribution >= 0.6 is 0 Å². The Hall–Kier alpha value is -1.98. The van der Waals surface area contributed by atoms with E-state index >= 15 is 0 Å². The van der Waals surface area contributed by atoms with Gasteiger partial charge in [0.25, 0.3) is 0 Å². The van der Waals surface area contributed by atoms with Crippen LogP contribution in [0, 0.1) is 5.92 Å². The molecule has 0 aliphatic heterocycles. The maximum Gasteiger partial charge on any atom is 0.326 e. The normalized spacial score (nSPS) is 26.8. The van der Waals surface area contributed by atoms with E-state index in [0.717, 1.165) is 18.4 Å². The van der Waals surface area contributed by atoms with Crippen LogP contribution in [0.3, 0.4) is 0 Å². The molecule has 1 saturated carbocycles. The SMILES string of the molecule is O=C(O)C(CC(F)F)NC(=O)C1CC12CCc1ccccc12. The molecule has 1 aromatic rings. The second-order valence-electron chi connectivity index (χ2n) is 6.10. The summed E-state index contributed by atoms with van der Waals surface area (Å²) >= 11 is 0. The number of carbonyl (C=O) groups is 2. The van der Waals surface area contributed by atoms with Crippen molar-refractivity contribution < 1.29 is 23.5 Å². The first-order valence-electron chi connectivity index (χ1n) is 7.34. The van der Waals surface area contributed by atoms with Crippen molar-refractivity contribution in [3.8, 4) is 0 Å². The highest BCUT2D eigenvalue weighted by Crippen LogP contribution is 2.61. The fourth-order valence-corrected chi connectivity index (χ4v) is 3.61. The van der Waals surface area contributed by atoms with Crippen molar-refractivity contribution in [2.45, 2.75) is 43.6 Å². The lowest BCUT2D eigenvalue weighted by molar-refractivity contribution is -0.143. The molecule has 2 N–H and O–H groups in total. The Bertz CT molecular complexity index is 619. The van der Waals surface area contributed by atoms with Gasteiger partial charge in [-0.25, -0.2) is 13.6 Å². The summed E-state index contributed by atoms with van der Waals surface area (Å²) in [5, 5.41) is 11.2. The quantitative estimate of drug-likeness (QED) is 0.875. The van der Waals surface area contributed by atoms with E-state index < -0.39 is 30.8 Å². The van der Waals surface area contributed by atoms with Gasteiger partial charge in [0.2, 0.25) is 12.3 Å². The molecule has 0 aromatic heterocycles. The summed E-state index contributed by atoms with van der Waals surface area (Å²) in [6.07, 6.45) is -1.20. The van der Waals surface area contributed by atoms with Gasteiger partial charge in [-0.15, -0.1) is 0 Å². The molecule has 0 radical (unpaired) electrons. The standard InChI is InChI=1S/C16H17F2NO3/c17-13(18)7-12(15(21)22)19-14(20)11-8-16(11)6-5-9-3-1-2-4-10(9)16/h1-4,11-13H,5-8H2,(H,19,20)(H,21,22). The number of fused-ring (bicyclic) bond motifs is 2. The molecule has 3 unspecified atom stereocenters. The highest BCUT2D eigenvalue weighted by atomic mass is 19.3. The van der Waals surface area contributed by atoms with Crippen molar-refractivity contribution in [1.82, 2.24) is 5.32 Å². The molecule has 2 aliphatic carbocycles. The summed E-state index contributed by atoms with van der Waals surface area (Å²) in [6.45, 7) is 0. The first-order valence-corrected chi connectivity index (χ1v) is 7.34. The molecule has 0 bridgehead atoms. The zero-order valence-corrected chi connectivity index (χ0v) is 11.9. The lowest BCUT2D eigenvalue weighted by Crippen LogP contribution is -2.43. The molecule has 0 saturated heterocycles. The first-order chi connectivity index (χ1) is 10.4. The highest BCUT2D eigenvalue weighted by Gasteiger charge is 2.61. The van der Waals surface area contributed by atoms with Gasteiger partial charge >= 0.3 is 5.97 Å². The number of aliphatic carboxylic acids is 1. The average molecular weight is 309 g/mol. The summed E-state index contributed by atoms with van der Waals surface area (Å²) in [6, 6.07) is 6.40. The molecular formula is C16H17F2NO3. The lowest BCUT2D eigenvalue weighted by Gasteiger charge is -2.16. The molecule has 1 amide bonds. The third kappa shape index (κ3) is 2.46. The number of nitrogens with one attached hydrogen (secondary N) is 1. The summed E-state index contributed by atoms with van der Waals surface area (Å²) < 4.78 is 24.8. The third-order valence-electron chi connectivity index (χ3n) is 4.81. The molecule has 2 aliphatic rings. The Morgan fingerprint density at radius 3 is 2.77 bits per heavy atom. The number of hydrogen-bond donors (Lipinski definition) is 2. The van der Waals surface area contributed by atoms with Gasteiger partial charge in [-0.3, -0.25) is 4.79 Å². The van der Waals surface area contributed by atoms with Crippen LogP contribution in [-0.4, -0.2) is 29.5 Å². The van der Waals surface area contributed by atoms with Gasteiger partial charge in [-0.1, -0.05) is 24.3 Å². The molecule has 118 valence electrons. The van der Waals surface area contributed by atoms with Gasteiger partial charge in [-0.05, 0) is 30.4 Å². The van der Waals surface area contributed by atoms with Crippen molar-refractivity contribution in [2.75, 3.05) is 0 Å². The molecule has 4 nitrogen and oxygen atoms in total. The number of carbonyl (C=O) groups excluding carboxylic acids is 1. The fourth-order valence-electron chi connectivity index (χ4n) is 3.61. The minimum Gasteiger partial charge on any atom is -0.480 e. The van der Waals surface area contributed by atoms with Crippen molar-refractivity contribution in [2.24, 2.45) is 5.92 Å². The van der Waals surface area contributed by atoms with E-state index in [1.54, 1.807) is 0 Å². The molecule has 6 heteroatoms. The zero-order valence-electron chi connectivity index (χ0n) is 11.9. The fraction of sp³-hybridized carbons (Fsp3) is 0.500. The number of carboxylic acids is 1. The Balaban J connectivity index is 1.70. The zero-order chi connectivity index (χ0) is 15.9. The number of carboxylic acid groups (broad SMARTS) is 1. The minimum atomic E-state index is -2.76. The molecule has 1 fully saturated rings. The van der Waals surface area contributed by atoms with Crippen LogP contribution in [0.5, 0.6) is 0 Å². The van der Waals surface area contributed by atoms with Crippen LogP contribution in [0.1, 0.15) is 30.4 Å². The van der Waals surface area contributed by atoms with Crippen molar-refractivity contribution in [3.05, 3.63) is 35.4 Å². The molecule has 0 heterocycles. The van der Waals surface area contributed by atoms with Gasteiger partial charge in [0.15, 0.2) is 0 Å². The Labute approximate surface area is 126 Å². The number of halogens is 2. The van der Waals surface area contributed by atoms with Gasteiger partial charge in [0, 0.05) is 17.8 Å². The van der Waals surface area contributed by atoms with E-state index in [0.29, 0.717) is 6.42 Å². The predicted octanol–water partition coefficient (Wildman–Crippen LogP) is 2.12. The largest absolute Gasteiger partial charge is 0.480 e. The van der Waals surface area contributed by atoms with Crippen LogP contribution in [-0.2, 0) is 21.4 Å². The topological polar surface area (TPSA) is 66.4 Å². The third-order valence-corrected chi connectivity index (χ3v) is 4.81. The summed E-state index contributed by atoms with van der Waals surface area (Å²) in [5.74, 6) is -2.16. The molecule has 3 atom stereocenters. The van der Waals surface area contributed by atoms with E-state index in [9.17, 15) is 18.4 Å². The summed E-state index contributed by atoms with van der Waals surface area (Å²) in [5.41, 5.74) is 2.16. The van der Waals surface area contributed by atoms with Gasteiger partial charge in [0.05, 0.1) is 0 Å². The van der Waals surface area contributed by atoms with Crippen molar-refractivity contribution >= 4 is 11.9 Å². The first kappa shape index (κ1) is 14.9. The molecular weight excluding hydrogens is 292 g/mol. The maximum atomic E-state index is 12.4. The number of hydrogen-bond acceptors (Lipinski definition) is 2. The Morgan fingerprint density at radius 2 is 2.09 bits per heavy atom. The Morgan fingerprint density at radius 1 is 1.36 bits per heavy atom. The number of alkyl halides is 2. The van der Waals surface area contributed by atoms with Crippen LogP contribution < -0.4 is 5.32 Å². The molecule has 1 aromatic carbocycles. The second kappa shape index (κ2) is 5.34. The molecule has 1 spiro atoms. The average Bonchev–Trinajstić information content (AvgIpc) is 3.08. The minimum absolute atomic E-state index is 0.214. The van der Waals surface area contributed by atoms with E-state index in [1.165, 1.54) is 5.56 Å². The smallest absolute Gasteiger partial charge is 0.326 e. The molecule has 22 heavy (non-hydrogen) atoms. The van der Waals surface area contributed by atoms with E-state index in [1.807, 2.05) is 24.3 Å². The van der Waals surface area contributed by atoms with Crippen LogP contribution in [0.2, 0.25) is 0 Å². The van der Waals surface area contributed by atoms with Gasteiger partial charge in [-0.2, -0.15) is 0 Å². The monoisotopic (exact) mass is 309 g/mol. The summed E-state index contributed by atoms with van der Waals surface area (Å²) in [7, 11) is 0. The number of rotatable bonds is 5.